The zero-order valence-electron chi connectivity index (χ0n) is 14.5. The quantitative estimate of drug-likeness (QED) is 0.814. The first-order valence-corrected chi connectivity index (χ1v) is 9.50. The summed E-state index contributed by atoms with van der Waals surface area (Å²) in [6.07, 6.45) is 8.99. The molecule has 4 rings (SSSR count). The molecule has 0 saturated heterocycles. The van der Waals surface area contributed by atoms with Gasteiger partial charge in [-0.25, -0.2) is 0 Å². The van der Waals surface area contributed by atoms with Gasteiger partial charge in [0.15, 0.2) is 5.78 Å². The van der Waals surface area contributed by atoms with E-state index in [9.17, 15) is 19.8 Å². The Balaban J connectivity index is 1.69. The molecule has 0 aromatic rings. The van der Waals surface area contributed by atoms with Crippen molar-refractivity contribution in [3.8, 4) is 0 Å². The molecular weight excluding hydrogens is 304 g/mol. The summed E-state index contributed by atoms with van der Waals surface area (Å²) in [5, 5.41) is 19.8. The molecule has 0 spiro atoms. The Labute approximate surface area is 143 Å². The number of hydrogen-bond acceptors (Lipinski definition) is 3. The first-order valence-electron chi connectivity index (χ1n) is 9.50. The molecule has 24 heavy (non-hydrogen) atoms. The summed E-state index contributed by atoms with van der Waals surface area (Å²) < 4.78 is 0. The van der Waals surface area contributed by atoms with E-state index in [0.29, 0.717) is 30.6 Å². The average Bonchev–Trinajstić information content (AvgIpc) is 2.95. The van der Waals surface area contributed by atoms with E-state index >= 15 is 0 Å². The SMILES string of the molecule is C[C@]12CCC(=O)C=C1CC[C@H]1[C@@H]3CC[C@H](C(=O)O)[C@@]3(CO)CC[C@@H]12. The van der Waals surface area contributed by atoms with Crippen molar-refractivity contribution < 1.29 is 19.8 Å². The molecule has 132 valence electrons. The van der Waals surface area contributed by atoms with E-state index in [1.54, 1.807) is 0 Å². The Bertz CT molecular complexity index is 609. The average molecular weight is 332 g/mol. The number of carbonyl (C=O) groups is 2. The van der Waals surface area contributed by atoms with E-state index in [4.69, 9.17) is 0 Å². The minimum Gasteiger partial charge on any atom is -0.481 e. The van der Waals surface area contributed by atoms with Gasteiger partial charge in [0, 0.05) is 18.4 Å². The number of aliphatic carboxylic acids is 1. The number of rotatable bonds is 2. The molecule has 0 bridgehead atoms. The largest absolute Gasteiger partial charge is 0.481 e. The highest BCUT2D eigenvalue weighted by Gasteiger charge is 2.62. The maximum absolute atomic E-state index is 11.8. The normalized spacial score (nSPS) is 47.4. The smallest absolute Gasteiger partial charge is 0.307 e. The van der Waals surface area contributed by atoms with Crippen LogP contribution in [0.5, 0.6) is 0 Å². The topological polar surface area (TPSA) is 74.6 Å². The van der Waals surface area contributed by atoms with Crippen LogP contribution in [0.4, 0.5) is 0 Å². The number of carboxylic acids is 1. The number of ketones is 1. The molecule has 0 aromatic heterocycles. The first-order chi connectivity index (χ1) is 11.4. The summed E-state index contributed by atoms with van der Waals surface area (Å²) >= 11 is 0. The Kier molecular flexibility index (Phi) is 3.68. The number of hydrogen-bond donors (Lipinski definition) is 2. The summed E-state index contributed by atoms with van der Waals surface area (Å²) in [5.41, 5.74) is 1.04. The van der Waals surface area contributed by atoms with Crippen LogP contribution in [-0.2, 0) is 9.59 Å². The molecule has 4 heteroatoms. The highest BCUT2D eigenvalue weighted by Crippen LogP contribution is 2.66. The van der Waals surface area contributed by atoms with E-state index in [1.165, 1.54) is 5.57 Å². The van der Waals surface area contributed by atoms with Crippen LogP contribution in [0.15, 0.2) is 11.6 Å². The first kappa shape index (κ1) is 16.3. The lowest BCUT2D eigenvalue weighted by Crippen LogP contribution is -2.53. The highest BCUT2D eigenvalue weighted by atomic mass is 16.4. The maximum atomic E-state index is 11.8. The van der Waals surface area contributed by atoms with Gasteiger partial charge in [-0.2, -0.15) is 0 Å². The predicted molar refractivity (Wildman–Crippen MR) is 89.2 cm³/mol. The minimum atomic E-state index is -0.726. The number of aliphatic hydroxyl groups excluding tert-OH is 1. The van der Waals surface area contributed by atoms with E-state index in [2.05, 4.69) is 6.92 Å². The number of carboxylic acid groups (broad SMARTS) is 1. The number of fused-ring (bicyclic) bond motifs is 5. The fourth-order valence-corrected chi connectivity index (χ4v) is 7.05. The summed E-state index contributed by atoms with van der Waals surface area (Å²) in [7, 11) is 0. The second-order valence-corrected chi connectivity index (χ2v) is 8.87. The van der Waals surface area contributed by atoms with Crippen molar-refractivity contribution in [3.05, 3.63) is 11.6 Å². The van der Waals surface area contributed by atoms with Gasteiger partial charge in [0.1, 0.15) is 0 Å². The molecule has 6 atom stereocenters. The van der Waals surface area contributed by atoms with Crippen LogP contribution >= 0.6 is 0 Å². The minimum absolute atomic E-state index is 0.00967. The predicted octanol–water partition coefficient (Wildman–Crippen LogP) is 3.19. The third-order valence-electron chi connectivity index (χ3n) is 8.27. The van der Waals surface area contributed by atoms with Crippen molar-refractivity contribution in [2.45, 2.75) is 58.3 Å². The zero-order chi connectivity index (χ0) is 17.1. The highest BCUT2D eigenvalue weighted by molar-refractivity contribution is 5.91. The third-order valence-corrected chi connectivity index (χ3v) is 8.27. The molecule has 3 fully saturated rings. The Morgan fingerprint density at radius 3 is 2.67 bits per heavy atom. The van der Waals surface area contributed by atoms with Crippen LogP contribution in [0.25, 0.3) is 0 Å². The molecule has 0 radical (unpaired) electrons. The van der Waals surface area contributed by atoms with Crippen LogP contribution in [-0.4, -0.2) is 28.6 Å². The zero-order valence-corrected chi connectivity index (χ0v) is 14.5. The van der Waals surface area contributed by atoms with Crippen molar-refractivity contribution in [2.75, 3.05) is 6.61 Å². The lowest BCUT2D eigenvalue weighted by atomic mass is 9.46. The molecule has 0 unspecified atom stereocenters. The monoisotopic (exact) mass is 332 g/mol. The van der Waals surface area contributed by atoms with Crippen LogP contribution in [0, 0.1) is 34.5 Å². The summed E-state index contributed by atoms with van der Waals surface area (Å²) in [4.78, 5) is 23.6. The lowest BCUT2D eigenvalue weighted by Gasteiger charge is -2.58. The number of allylic oxidation sites excluding steroid dienone is 1. The molecule has 0 amide bonds. The molecule has 0 aromatic carbocycles. The standard InChI is InChI=1S/C20H28O4/c1-19-8-6-13(22)10-12(19)2-3-14-15(19)7-9-20(11-21)16(14)4-5-17(20)18(23)24/h10,14-17,21H,2-9,11H2,1H3,(H,23,24)/t14-,15+,16+,17-,19+,20-/m1/s1. The number of carbonyl (C=O) groups excluding carboxylic acids is 1. The third kappa shape index (κ3) is 2.01. The van der Waals surface area contributed by atoms with Crippen molar-refractivity contribution in [1.29, 1.82) is 0 Å². The van der Waals surface area contributed by atoms with Crippen molar-refractivity contribution >= 4 is 11.8 Å². The van der Waals surface area contributed by atoms with E-state index in [-0.39, 0.29) is 23.7 Å². The lowest BCUT2D eigenvalue weighted by molar-refractivity contribution is -0.153. The second kappa shape index (κ2) is 5.42. The summed E-state index contributed by atoms with van der Waals surface area (Å²) in [5.74, 6) is 0.544. The Morgan fingerprint density at radius 2 is 1.96 bits per heavy atom. The van der Waals surface area contributed by atoms with Crippen LogP contribution in [0.3, 0.4) is 0 Å². The van der Waals surface area contributed by atoms with E-state index in [1.807, 2.05) is 6.08 Å². The Morgan fingerprint density at radius 1 is 1.17 bits per heavy atom. The maximum Gasteiger partial charge on any atom is 0.307 e. The molecule has 3 saturated carbocycles. The molecular formula is C20H28O4. The summed E-state index contributed by atoms with van der Waals surface area (Å²) in [6.45, 7) is 2.34. The molecule has 0 heterocycles. The number of aliphatic hydroxyl groups is 1. The van der Waals surface area contributed by atoms with Gasteiger partial charge in [-0.05, 0) is 74.2 Å². The molecule has 0 aliphatic heterocycles. The van der Waals surface area contributed by atoms with Gasteiger partial charge in [0.05, 0.1) is 5.92 Å². The fraction of sp³-hybridized carbons (Fsp3) is 0.800. The molecule has 2 N–H and O–H groups in total. The van der Waals surface area contributed by atoms with E-state index in [0.717, 1.165) is 38.5 Å². The van der Waals surface area contributed by atoms with Crippen LogP contribution in [0.1, 0.15) is 58.3 Å². The van der Waals surface area contributed by atoms with Gasteiger partial charge < -0.3 is 10.2 Å². The van der Waals surface area contributed by atoms with Crippen molar-refractivity contribution in [2.24, 2.45) is 34.5 Å². The van der Waals surface area contributed by atoms with Crippen LogP contribution in [0.2, 0.25) is 0 Å². The van der Waals surface area contributed by atoms with Crippen LogP contribution < -0.4 is 0 Å². The second-order valence-electron chi connectivity index (χ2n) is 8.87. The summed E-state index contributed by atoms with van der Waals surface area (Å²) in [6, 6.07) is 0. The van der Waals surface area contributed by atoms with Crippen molar-refractivity contribution in [3.63, 3.8) is 0 Å². The van der Waals surface area contributed by atoms with Gasteiger partial charge in [0.2, 0.25) is 0 Å². The van der Waals surface area contributed by atoms with Gasteiger partial charge in [-0.15, -0.1) is 0 Å². The van der Waals surface area contributed by atoms with Crippen molar-refractivity contribution in [1.82, 2.24) is 0 Å². The molecule has 4 aliphatic rings. The Hall–Kier alpha value is -1.16. The fourth-order valence-electron chi connectivity index (χ4n) is 7.05. The molecule has 4 aliphatic carbocycles. The van der Waals surface area contributed by atoms with Gasteiger partial charge >= 0.3 is 5.97 Å². The van der Waals surface area contributed by atoms with E-state index < -0.39 is 11.4 Å². The van der Waals surface area contributed by atoms with Gasteiger partial charge in [-0.1, -0.05) is 12.5 Å². The van der Waals surface area contributed by atoms with Gasteiger partial charge in [-0.3, -0.25) is 9.59 Å². The molecule has 4 nitrogen and oxygen atoms in total. The van der Waals surface area contributed by atoms with Gasteiger partial charge in [0.25, 0.3) is 0 Å².